The van der Waals surface area contributed by atoms with Gasteiger partial charge in [-0.15, -0.1) is 5.11 Å². The summed E-state index contributed by atoms with van der Waals surface area (Å²) in [5.41, 5.74) is 4.82. The van der Waals surface area contributed by atoms with E-state index in [0.717, 1.165) is 28.7 Å². The van der Waals surface area contributed by atoms with Gasteiger partial charge in [0.05, 0.1) is 0 Å². The number of carbonyl (C=O) groups excluding carboxylic acids is 1. The number of pyridine rings is 1. The van der Waals surface area contributed by atoms with Crippen LogP contribution in [0.1, 0.15) is 17.2 Å². The van der Waals surface area contributed by atoms with Gasteiger partial charge in [0.1, 0.15) is 11.7 Å². The molecule has 4 rings (SSSR count). The molecule has 24 heavy (non-hydrogen) atoms. The van der Waals surface area contributed by atoms with Crippen LogP contribution in [0.15, 0.2) is 88.0 Å². The average molecular weight is 316 g/mol. The fraction of sp³-hybridized carbons (Fsp3) is 0.158. The van der Waals surface area contributed by atoms with Gasteiger partial charge in [0, 0.05) is 24.5 Å². The number of aromatic nitrogens is 1. The van der Waals surface area contributed by atoms with E-state index < -0.39 is 0 Å². The largest absolute Gasteiger partial charge is 0.377 e. The third-order valence-corrected chi connectivity index (χ3v) is 4.25. The first-order valence-electron chi connectivity index (χ1n) is 7.89. The lowest BCUT2D eigenvalue weighted by atomic mass is 9.86. The van der Waals surface area contributed by atoms with Crippen molar-refractivity contribution in [3.63, 3.8) is 0 Å². The standard InChI is InChI=1S/C19H16N4O/c24-19-18-16(17(22-23-19)14-4-2-1-3-5-14)15(8-11-21-18)12-13-6-9-20-10-7-13/h1-10,17,21H,11-12H2. The molecule has 0 saturated heterocycles. The zero-order valence-corrected chi connectivity index (χ0v) is 13.0. The SMILES string of the molecule is O=C1N=NC(c2ccccc2)C2=C1NCC=C2Cc1ccncc1. The molecule has 1 amide bonds. The number of carbonyl (C=O) groups is 1. The van der Waals surface area contributed by atoms with E-state index in [1.54, 1.807) is 12.4 Å². The summed E-state index contributed by atoms with van der Waals surface area (Å²) in [5, 5.41) is 11.3. The van der Waals surface area contributed by atoms with Gasteiger partial charge in [0.15, 0.2) is 0 Å². The van der Waals surface area contributed by atoms with E-state index in [0.29, 0.717) is 12.2 Å². The van der Waals surface area contributed by atoms with Crippen molar-refractivity contribution < 1.29 is 4.79 Å². The summed E-state index contributed by atoms with van der Waals surface area (Å²) in [6, 6.07) is 13.7. The van der Waals surface area contributed by atoms with Gasteiger partial charge in [-0.1, -0.05) is 36.4 Å². The Morgan fingerprint density at radius 3 is 2.67 bits per heavy atom. The quantitative estimate of drug-likeness (QED) is 0.946. The van der Waals surface area contributed by atoms with Crippen LogP contribution in [-0.2, 0) is 11.2 Å². The van der Waals surface area contributed by atoms with Gasteiger partial charge < -0.3 is 5.32 Å². The summed E-state index contributed by atoms with van der Waals surface area (Å²) in [7, 11) is 0. The lowest BCUT2D eigenvalue weighted by Crippen LogP contribution is -2.30. The lowest BCUT2D eigenvalue weighted by Gasteiger charge is -2.28. The van der Waals surface area contributed by atoms with Crippen molar-refractivity contribution in [2.45, 2.75) is 12.5 Å². The van der Waals surface area contributed by atoms with Crippen molar-refractivity contribution in [1.29, 1.82) is 0 Å². The summed E-state index contributed by atoms with van der Waals surface area (Å²) < 4.78 is 0. The van der Waals surface area contributed by atoms with Crippen LogP contribution in [0.25, 0.3) is 0 Å². The number of rotatable bonds is 3. The van der Waals surface area contributed by atoms with Gasteiger partial charge in [-0.25, -0.2) is 0 Å². The highest BCUT2D eigenvalue weighted by Crippen LogP contribution is 2.38. The maximum Gasteiger partial charge on any atom is 0.311 e. The number of nitrogens with zero attached hydrogens (tertiary/aromatic N) is 3. The van der Waals surface area contributed by atoms with Gasteiger partial charge in [-0.3, -0.25) is 9.78 Å². The Bertz CT molecular complexity index is 853. The van der Waals surface area contributed by atoms with Crippen LogP contribution in [0.2, 0.25) is 0 Å². The van der Waals surface area contributed by atoms with Crippen molar-refractivity contribution in [1.82, 2.24) is 10.3 Å². The molecule has 0 aliphatic carbocycles. The first-order chi connectivity index (χ1) is 11.8. The molecule has 1 atom stereocenters. The van der Waals surface area contributed by atoms with Crippen molar-refractivity contribution >= 4 is 5.91 Å². The highest BCUT2D eigenvalue weighted by atomic mass is 16.2. The fourth-order valence-electron chi connectivity index (χ4n) is 3.12. The van der Waals surface area contributed by atoms with Crippen LogP contribution in [0.3, 0.4) is 0 Å². The van der Waals surface area contributed by atoms with Gasteiger partial charge >= 0.3 is 5.91 Å². The van der Waals surface area contributed by atoms with Crippen LogP contribution in [-0.4, -0.2) is 17.4 Å². The molecule has 5 nitrogen and oxygen atoms in total. The third-order valence-electron chi connectivity index (χ3n) is 4.25. The van der Waals surface area contributed by atoms with Crippen LogP contribution in [0.5, 0.6) is 0 Å². The molecule has 2 aromatic rings. The maximum absolute atomic E-state index is 12.2. The second-order valence-electron chi connectivity index (χ2n) is 5.77. The number of nitrogens with one attached hydrogen (secondary N) is 1. The molecule has 3 heterocycles. The molecule has 1 aromatic heterocycles. The molecule has 0 spiro atoms. The lowest BCUT2D eigenvalue weighted by molar-refractivity contribution is -0.115. The van der Waals surface area contributed by atoms with Crippen molar-refractivity contribution in [2.75, 3.05) is 6.54 Å². The normalized spacial score (nSPS) is 19.6. The molecule has 0 saturated carbocycles. The molecule has 0 fully saturated rings. The summed E-state index contributed by atoms with van der Waals surface area (Å²) >= 11 is 0. The fourth-order valence-corrected chi connectivity index (χ4v) is 3.12. The Morgan fingerprint density at radius 1 is 1.08 bits per heavy atom. The molecule has 1 N–H and O–H groups in total. The Balaban J connectivity index is 1.75. The van der Waals surface area contributed by atoms with E-state index in [4.69, 9.17) is 0 Å². The molecular weight excluding hydrogens is 300 g/mol. The van der Waals surface area contributed by atoms with Crippen molar-refractivity contribution in [3.8, 4) is 0 Å². The zero-order valence-electron chi connectivity index (χ0n) is 13.0. The predicted octanol–water partition coefficient (Wildman–Crippen LogP) is 3.14. The van der Waals surface area contributed by atoms with Crippen LogP contribution in [0.4, 0.5) is 0 Å². The number of benzene rings is 1. The van der Waals surface area contributed by atoms with E-state index in [1.807, 2.05) is 42.5 Å². The number of amides is 1. The predicted molar refractivity (Wildman–Crippen MR) is 90.1 cm³/mol. The summed E-state index contributed by atoms with van der Waals surface area (Å²) in [4.78, 5) is 16.2. The highest BCUT2D eigenvalue weighted by Gasteiger charge is 2.32. The molecule has 5 heteroatoms. The van der Waals surface area contributed by atoms with Gasteiger partial charge in [0.2, 0.25) is 0 Å². The number of azo groups is 1. The molecular formula is C19H16N4O. The molecule has 1 aromatic carbocycles. The van der Waals surface area contributed by atoms with E-state index in [9.17, 15) is 4.79 Å². The minimum Gasteiger partial charge on any atom is -0.377 e. The molecule has 1 unspecified atom stereocenters. The summed E-state index contributed by atoms with van der Waals surface area (Å²) in [6.07, 6.45) is 6.44. The Labute approximate surface area is 139 Å². The molecule has 2 aliphatic heterocycles. The third kappa shape index (κ3) is 2.65. The maximum atomic E-state index is 12.2. The van der Waals surface area contributed by atoms with Crippen LogP contribution < -0.4 is 5.32 Å². The van der Waals surface area contributed by atoms with E-state index >= 15 is 0 Å². The zero-order chi connectivity index (χ0) is 16.4. The molecule has 0 bridgehead atoms. The molecule has 0 radical (unpaired) electrons. The number of hydrogen-bond acceptors (Lipinski definition) is 4. The van der Waals surface area contributed by atoms with E-state index in [2.05, 4.69) is 26.6 Å². The van der Waals surface area contributed by atoms with Gasteiger partial charge in [0.25, 0.3) is 0 Å². The van der Waals surface area contributed by atoms with E-state index in [1.165, 1.54) is 0 Å². The monoisotopic (exact) mass is 316 g/mol. The topological polar surface area (TPSA) is 66.7 Å². The van der Waals surface area contributed by atoms with Crippen molar-refractivity contribution in [3.05, 3.63) is 88.9 Å². The number of hydrogen-bond donors (Lipinski definition) is 1. The van der Waals surface area contributed by atoms with Crippen LogP contribution >= 0.6 is 0 Å². The number of dihydropyridines is 1. The second-order valence-corrected chi connectivity index (χ2v) is 5.77. The van der Waals surface area contributed by atoms with Crippen molar-refractivity contribution in [2.24, 2.45) is 10.2 Å². The Kier molecular flexibility index (Phi) is 3.75. The molecule has 2 aliphatic rings. The second kappa shape index (κ2) is 6.20. The summed E-state index contributed by atoms with van der Waals surface area (Å²) in [5.74, 6) is -0.294. The van der Waals surface area contributed by atoms with Gasteiger partial charge in [-0.2, -0.15) is 5.11 Å². The molecule has 118 valence electrons. The van der Waals surface area contributed by atoms with Gasteiger partial charge in [-0.05, 0) is 35.3 Å². The highest BCUT2D eigenvalue weighted by molar-refractivity contribution is 5.96. The average Bonchev–Trinajstić information content (AvgIpc) is 2.64. The first-order valence-corrected chi connectivity index (χ1v) is 7.89. The van der Waals surface area contributed by atoms with E-state index in [-0.39, 0.29) is 11.9 Å². The minimum atomic E-state index is -0.294. The minimum absolute atomic E-state index is 0.250. The first kappa shape index (κ1) is 14.5. The van der Waals surface area contributed by atoms with Crippen LogP contribution in [0, 0.1) is 0 Å². The Hall–Kier alpha value is -3.08. The smallest absolute Gasteiger partial charge is 0.311 e. The summed E-state index contributed by atoms with van der Waals surface area (Å²) in [6.45, 7) is 0.627. The Morgan fingerprint density at radius 2 is 1.88 bits per heavy atom.